The molecule has 2 heteroatoms. The van der Waals surface area contributed by atoms with Gasteiger partial charge in [-0.1, -0.05) is 0 Å². The predicted molar refractivity (Wildman–Crippen MR) is 23.3 cm³/mol. The van der Waals surface area contributed by atoms with Crippen molar-refractivity contribution in [2.45, 2.75) is 6.90 Å². The summed E-state index contributed by atoms with van der Waals surface area (Å²) in [7, 11) is 0. The molecule has 0 fully saturated rings. The maximum absolute atomic E-state index is 6.77. The monoisotopic (exact) mass is 83.1 g/mol. The van der Waals surface area contributed by atoms with Crippen LogP contribution in [0.5, 0.6) is 0 Å². The number of H-pyrrole nitrogens is 1. The van der Waals surface area contributed by atoms with E-state index >= 15 is 0 Å². The topological polar surface area (TPSA) is 28.7 Å². The molecule has 2 nitrogen and oxygen atoms in total. The van der Waals surface area contributed by atoms with Gasteiger partial charge in [0.25, 0.3) is 0 Å². The normalized spacial score (nSPS) is 11.0. The van der Waals surface area contributed by atoms with Gasteiger partial charge in [0.15, 0.2) is 0 Å². The molecule has 0 radical (unpaired) electrons. The van der Waals surface area contributed by atoms with E-state index in [-0.39, 0.29) is 6.90 Å². The lowest BCUT2D eigenvalue weighted by atomic mass is 10.8. The molecule has 0 saturated heterocycles. The van der Waals surface area contributed by atoms with Crippen molar-refractivity contribution < 1.29 is 1.37 Å². The van der Waals surface area contributed by atoms with Crippen molar-refractivity contribution in [1.82, 2.24) is 9.97 Å². The summed E-state index contributed by atoms with van der Waals surface area (Å²) >= 11 is 0. The number of rotatable bonds is 0. The van der Waals surface area contributed by atoms with E-state index in [0.717, 1.165) is 5.82 Å². The predicted octanol–water partition coefficient (Wildman–Crippen LogP) is 0.718. The molecule has 0 aromatic carbocycles. The number of hydrogen-bond donors (Lipinski definition) is 1. The zero-order valence-electron chi connectivity index (χ0n) is 4.31. The fourth-order valence-electron chi connectivity index (χ4n) is 0.298. The molecular formula is C4H6N2. The molecule has 0 amide bonds. The Kier molecular flexibility index (Phi) is 0.449. The van der Waals surface area contributed by atoms with Gasteiger partial charge in [-0.3, -0.25) is 0 Å². The van der Waals surface area contributed by atoms with Gasteiger partial charge < -0.3 is 4.98 Å². The summed E-state index contributed by atoms with van der Waals surface area (Å²) in [6.45, 7) is 0.243. The lowest BCUT2D eigenvalue weighted by molar-refractivity contribution is 1.15. The van der Waals surface area contributed by atoms with Crippen LogP contribution < -0.4 is 0 Å². The molecule has 0 saturated carbocycles. The van der Waals surface area contributed by atoms with E-state index < -0.39 is 0 Å². The first-order valence-electron chi connectivity index (χ1n) is 2.41. The van der Waals surface area contributed by atoms with Crippen LogP contribution in [0.4, 0.5) is 0 Å². The highest BCUT2D eigenvalue weighted by molar-refractivity contribution is 4.80. The molecule has 0 aliphatic rings. The smallest absolute Gasteiger partial charge is 0.102 e. The zero-order valence-corrected chi connectivity index (χ0v) is 3.31. The molecule has 0 aliphatic carbocycles. The number of aryl methyl sites for hydroxylation is 1. The fourth-order valence-corrected chi connectivity index (χ4v) is 0.298. The van der Waals surface area contributed by atoms with Crippen LogP contribution >= 0.6 is 0 Å². The SMILES string of the molecule is [2H]Cc1ncc[nH]1. The molecule has 6 heavy (non-hydrogen) atoms. The second kappa shape index (κ2) is 1.12. The Labute approximate surface area is 37.6 Å². The average molecular weight is 83.1 g/mol. The number of aromatic amines is 1. The summed E-state index contributed by atoms with van der Waals surface area (Å²) in [4.78, 5) is 6.58. The van der Waals surface area contributed by atoms with Crippen LogP contribution in [0.3, 0.4) is 0 Å². The molecule has 0 spiro atoms. The van der Waals surface area contributed by atoms with Crippen molar-refractivity contribution in [2.75, 3.05) is 0 Å². The molecule has 32 valence electrons. The second-order valence-electron chi connectivity index (χ2n) is 1.04. The lowest BCUT2D eigenvalue weighted by Gasteiger charge is -1.68. The number of nitrogens with one attached hydrogen (secondary N) is 1. The Hall–Kier alpha value is -0.790. The Balaban J connectivity index is 2.76. The molecule has 1 rings (SSSR count). The Bertz CT molecular complexity index is 124. The first kappa shape index (κ1) is 2.39. The van der Waals surface area contributed by atoms with Crippen molar-refractivity contribution in [3.63, 3.8) is 0 Å². The van der Waals surface area contributed by atoms with Crippen LogP contribution in [0.1, 0.15) is 7.20 Å². The van der Waals surface area contributed by atoms with Gasteiger partial charge in [-0.2, -0.15) is 0 Å². The standard InChI is InChI=1S/C4H6N2/c1-4-5-2-3-6-4/h2-3H,1H3,(H,5,6)/i1D. The molecule has 1 N–H and O–H groups in total. The fraction of sp³-hybridized carbons (Fsp3) is 0.250. The largest absolute Gasteiger partial charge is 0.349 e. The van der Waals surface area contributed by atoms with E-state index in [1.54, 1.807) is 12.4 Å². The van der Waals surface area contributed by atoms with Gasteiger partial charge in [-0.05, 0) is 6.90 Å². The lowest BCUT2D eigenvalue weighted by Crippen LogP contribution is -1.66. The quantitative estimate of drug-likeness (QED) is 0.492. The van der Waals surface area contributed by atoms with E-state index in [0.29, 0.717) is 0 Å². The van der Waals surface area contributed by atoms with Crippen molar-refractivity contribution in [3.05, 3.63) is 18.2 Å². The minimum absolute atomic E-state index is 0.243. The molecule has 0 unspecified atom stereocenters. The number of nitrogens with zero attached hydrogens (tertiary/aromatic N) is 1. The number of hydrogen-bond acceptors (Lipinski definition) is 1. The summed E-state index contributed by atoms with van der Waals surface area (Å²) in [5.74, 6) is 0.722. The summed E-state index contributed by atoms with van der Waals surface area (Å²) in [6.07, 6.45) is 3.35. The van der Waals surface area contributed by atoms with Crippen LogP contribution in [-0.4, -0.2) is 9.97 Å². The number of imidazole rings is 1. The summed E-state index contributed by atoms with van der Waals surface area (Å²) in [5, 5.41) is 0. The van der Waals surface area contributed by atoms with Gasteiger partial charge in [-0.15, -0.1) is 0 Å². The van der Waals surface area contributed by atoms with Gasteiger partial charge in [0.05, 0.1) is 0 Å². The van der Waals surface area contributed by atoms with E-state index in [1.165, 1.54) is 0 Å². The van der Waals surface area contributed by atoms with Crippen LogP contribution in [0.15, 0.2) is 12.4 Å². The van der Waals surface area contributed by atoms with Crippen LogP contribution in [-0.2, 0) is 0 Å². The van der Waals surface area contributed by atoms with Crippen LogP contribution in [0, 0.1) is 6.90 Å². The summed E-state index contributed by atoms with van der Waals surface area (Å²) in [6, 6.07) is 0. The molecule has 0 aliphatic heterocycles. The Morgan fingerprint density at radius 3 is 3.50 bits per heavy atom. The van der Waals surface area contributed by atoms with Gasteiger partial charge in [0.2, 0.25) is 0 Å². The van der Waals surface area contributed by atoms with E-state index in [1.807, 2.05) is 0 Å². The van der Waals surface area contributed by atoms with Gasteiger partial charge >= 0.3 is 0 Å². The Morgan fingerprint density at radius 1 is 2.17 bits per heavy atom. The third kappa shape index (κ3) is 0.407. The molecule has 0 atom stereocenters. The zero-order chi connectivity index (χ0) is 5.11. The molecule has 1 aromatic heterocycles. The van der Waals surface area contributed by atoms with E-state index in [4.69, 9.17) is 1.37 Å². The molecule has 1 heterocycles. The third-order valence-corrected chi connectivity index (χ3v) is 0.555. The highest BCUT2D eigenvalue weighted by atomic mass is 14.9. The Morgan fingerprint density at radius 2 is 3.17 bits per heavy atom. The van der Waals surface area contributed by atoms with Crippen LogP contribution in [0.25, 0.3) is 0 Å². The maximum atomic E-state index is 6.77. The van der Waals surface area contributed by atoms with Crippen molar-refractivity contribution in [2.24, 2.45) is 0 Å². The summed E-state index contributed by atoms with van der Waals surface area (Å²) < 4.78 is 6.77. The first-order valence-corrected chi connectivity index (χ1v) is 1.71. The highest BCUT2D eigenvalue weighted by Crippen LogP contribution is 1.78. The van der Waals surface area contributed by atoms with Crippen LogP contribution in [0.2, 0.25) is 0 Å². The molecule has 0 bridgehead atoms. The molecule has 1 aromatic rings. The van der Waals surface area contributed by atoms with Crippen molar-refractivity contribution in [1.29, 1.82) is 0 Å². The average Bonchev–Trinajstić information content (AvgIpc) is 2.14. The maximum Gasteiger partial charge on any atom is 0.102 e. The second-order valence-corrected chi connectivity index (χ2v) is 1.04. The van der Waals surface area contributed by atoms with Crippen molar-refractivity contribution in [3.8, 4) is 0 Å². The van der Waals surface area contributed by atoms with E-state index in [2.05, 4.69) is 9.97 Å². The third-order valence-electron chi connectivity index (χ3n) is 0.555. The van der Waals surface area contributed by atoms with E-state index in [9.17, 15) is 0 Å². The first-order chi connectivity index (χ1) is 3.43. The summed E-state index contributed by atoms with van der Waals surface area (Å²) in [5.41, 5.74) is 0. The van der Waals surface area contributed by atoms with Gasteiger partial charge in [-0.25, -0.2) is 4.98 Å². The number of aromatic nitrogens is 2. The van der Waals surface area contributed by atoms with Gasteiger partial charge in [0.1, 0.15) is 5.82 Å². The minimum Gasteiger partial charge on any atom is -0.349 e. The highest BCUT2D eigenvalue weighted by Gasteiger charge is 1.73. The van der Waals surface area contributed by atoms with Crippen molar-refractivity contribution >= 4 is 0 Å². The minimum atomic E-state index is 0.243. The van der Waals surface area contributed by atoms with Gasteiger partial charge in [0, 0.05) is 13.8 Å². The molecular weight excluding hydrogens is 76.1 g/mol.